The Hall–Kier alpha value is -1.49. The van der Waals surface area contributed by atoms with Gasteiger partial charge in [0.05, 0.1) is 11.7 Å². The van der Waals surface area contributed by atoms with Crippen LogP contribution in [0.2, 0.25) is 0 Å². The van der Waals surface area contributed by atoms with E-state index in [1.54, 1.807) is 0 Å². The van der Waals surface area contributed by atoms with E-state index in [1.165, 1.54) is 17.3 Å². The van der Waals surface area contributed by atoms with E-state index in [-0.39, 0.29) is 11.9 Å². The largest absolute Gasteiger partial charge is 0.481 e. The average Bonchev–Trinajstić information content (AvgIpc) is 2.86. The SMILES string of the molecule is Cc1ccc(SCC(=O)N[C@@H]2CCC[C@@H]2C(=O)O)c(C)c1. The highest BCUT2D eigenvalue weighted by Gasteiger charge is 2.33. The van der Waals surface area contributed by atoms with Gasteiger partial charge in [0.1, 0.15) is 0 Å². The minimum absolute atomic E-state index is 0.0851. The Kier molecular flexibility index (Phi) is 5.28. The second kappa shape index (κ2) is 6.98. The third-order valence-corrected chi connectivity index (χ3v) is 5.04. The summed E-state index contributed by atoms with van der Waals surface area (Å²) in [4.78, 5) is 24.2. The molecule has 1 saturated carbocycles. The molecule has 0 saturated heterocycles. The van der Waals surface area contributed by atoms with E-state index in [4.69, 9.17) is 5.11 Å². The number of hydrogen-bond donors (Lipinski definition) is 2. The fraction of sp³-hybridized carbons (Fsp3) is 0.500. The van der Waals surface area contributed by atoms with Gasteiger partial charge in [-0.15, -0.1) is 11.8 Å². The Morgan fingerprint density at radius 1 is 1.33 bits per heavy atom. The predicted octanol–water partition coefficient (Wildman–Crippen LogP) is 2.77. The van der Waals surface area contributed by atoms with Crippen LogP contribution in [0, 0.1) is 19.8 Å². The van der Waals surface area contributed by atoms with E-state index in [9.17, 15) is 9.59 Å². The molecular formula is C16H21NO3S. The molecule has 2 rings (SSSR count). The molecular weight excluding hydrogens is 286 g/mol. The van der Waals surface area contributed by atoms with Crippen LogP contribution in [0.1, 0.15) is 30.4 Å². The highest BCUT2D eigenvalue weighted by atomic mass is 32.2. The van der Waals surface area contributed by atoms with Crippen LogP contribution < -0.4 is 5.32 Å². The predicted molar refractivity (Wildman–Crippen MR) is 83.5 cm³/mol. The number of aryl methyl sites for hydroxylation is 2. The molecule has 0 spiro atoms. The lowest BCUT2D eigenvalue weighted by Crippen LogP contribution is -2.41. The zero-order valence-corrected chi connectivity index (χ0v) is 13.2. The van der Waals surface area contributed by atoms with Crippen molar-refractivity contribution in [2.75, 3.05) is 5.75 Å². The minimum atomic E-state index is -0.806. The van der Waals surface area contributed by atoms with E-state index in [0.717, 1.165) is 23.3 Å². The van der Waals surface area contributed by atoms with Crippen molar-refractivity contribution in [2.45, 2.75) is 44.0 Å². The smallest absolute Gasteiger partial charge is 0.308 e. The number of hydrogen-bond acceptors (Lipinski definition) is 3. The minimum Gasteiger partial charge on any atom is -0.481 e. The molecule has 0 aliphatic heterocycles. The number of nitrogens with one attached hydrogen (secondary N) is 1. The van der Waals surface area contributed by atoms with E-state index < -0.39 is 11.9 Å². The Morgan fingerprint density at radius 2 is 2.10 bits per heavy atom. The summed E-state index contributed by atoms with van der Waals surface area (Å²) >= 11 is 1.50. The number of benzene rings is 1. The molecule has 0 heterocycles. The monoisotopic (exact) mass is 307 g/mol. The summed E-state index contributed by atoms with van der Waals surface area (Å²) in [5.41, 5.74) is 2.37. The Bertz CT molecular complexity index is 544. The molecule has 1 aromatic carbocycles. The number of thioether (sulfide) groups is 1. The number of carboxylic acids is 1. The van der Waals surface area contributed by atoms with Gasteiger partial charge in [-0.05, 0) is 38.3 Å². The van der Waals surface area contributed by atoms with Gasteiger partial charge in [-0.1, -0.05) is 24.1 Å². The standard InChI is InChI=1S/C16H21NO3S/c1-10-6-7-14(11(2)8-10)21-9-15(18)17-13-5-3-4-12(13)16(19)20/h6-8,12-13H,3-5,9H2,1-2H3,(H,17,18)(H,19,20)/t12-,13+/m0/s1. The zero-order chi connectivity index (χ0) is 15.4. The lowest BCUT2D eigenvalue weighted by atomic mass is 10.0. The van der Waals surface area contributed by atoms with Crippen molar-refractivity contribution in [3.63, 3.8) is 0 Å². The van der Waals surface area contributed by atoms with Crippen molar-refractivity contribution >= 4 is 23.6 Å². The summed E-state index contributed by atoms with van der Waals surface area (Å²) < 4.78 is 0. The van der Waals surface area contributed by atoms with Crippen molar-refractivity contribution < 1.29 is 14.7 Å². The van der Waals surface area contributed by atoms with Gasteiger partial charge >= 0.3 is 5.97 Å². The average molecular weight is 307 g/mol. The molecule has 5 heteroatoms. The summed E-state index contributed by atoms with van der Waals surface area (Å²) in [5.74, 6) is -0.995. The van der Waals surface area contributed by atoms with Crippen molar-refractivity contribution in [1.82, 2.24) is 5.32 Å². The summed E-state index contributed by atoms with van der Waals surface area (Å²) in [7, 11) is 0. The molecule has 1 amide bonds. The first kappa shape index (κ1) is 15.9. The fourth-order valence-electron chi connectivity index (χ4n) is 2.78. The highest BCUT2D eigenvalue weighted by Crippen LogP contribution is 2.27. The molecule has 114 valence electrons. The lowest BCUT2D eigenvalue weighted by molar-refractivity contribution is -0.142. The number of rotatable bonds is 5. The van der Waals surface area contributed by atoms with Gasteiger partial charge in [0, 0.05) is 10.9 Å². The maximum Gasteiger partial charge on any atom is 0.308 e. The van der Waals surface area contributed by atoms with Gasteiger partial charge in [-0.3, -0.25) is 9.59 Å². The molecule has 0 unspecified atom stereocenters. The quantitative estimate of drug-likeness (QED) is 0.821. The van der Waals surface area contributed by atoms with Crippen LogP contribution in [0.4, 0.5) is 0 Å². The molecule has 0 radical (unpaired) electrons. The molecule has 1 aliphatic rings. The summed E-state index contributed by atoms with van der Waals surface area (Å²) in [6.07, 6.45) is 2.29. The van der Waals surface area contributed by atoms with Gasteiger partial charge in [-0.2, -0.15) is 0 Å². The summed E-state index contributed by atoms with van der Waals surface area (Å²) in [5, 5.41) is 12.0. The van der Waals surface area contributed by atoms with Crippen LogP contribution in [-0.2, 0) is 9.59 Å². The van der Waals surface area contributed by atoms with Crippen molar-refractivity contribution in [1.29, 1.82) is 0 Å². The molecule has 2 atom stereocenters. The Morgan fingerprint density at radius 3 is 2.76 bits per heavy atom. The highest BCUT2D eigenvalue weighted by molar-refractivity contribution is 8.00. The van der Waals surface area contributed by atoms with Gasteiger partial charge in [0.2, 0.25) is 5.91 Å². The van der Waals surface area contributed by atoms with E-state index in [1.807, 2.05) is 26.0 Å². The maximum absolute atomic E-state index is 12.0. The Labute approximate surface area is 129 Å². The van der Waals surface area contributed by atoms with E-state index in [2.05, 4.69) is 11.4 Å². The van der Waals surface area contributed by atoms with Gasteiger partial charge in [0.25, 0.3) is 0 Å². The van der Waals surface area contributed by atoms with Crippen LogP contribution in [-0.4, -0.2) is 28.8 Å². The maximum atomic E-state index is 12.0. The first-order valence-electron chi connectivity index (χ1n) is 7.19. The van der Waals surface area contributed by atoms with Crippen LogP contribution in [0.3, 0.4) is 0 Å². The molecule has 0 bridgehead atoms. The van der Waals surface area contributed by atoms with Crippen molar-refractivity contribution in [3.8, 4) is 0 Å². The first-order valence-corrected chi connectivity index (χ1v) is 8.18. The summed E-state index contributed by atoms with van der Waals surface area (Å²) in [6.45, 7) is 4.07. The molecule has 21 heavy (non-hydrogen) atoms. The molecule has 4 nitrogen and oxygen atoms in total. The lowest BCUT2D eigenvalue weighted by Gasteiger charge is -2.17. The van der Waals surface area contributed by atoms with Crippen LogP contribution in [0.25, 0.3) is 0 Å². The van der Waals surface area contributed by atoms with Crippen molar-refractivity contribution in [2.24, 2.45) is 5.92 Å². The number of amides is 1. The third-order valence-electron chi connectivity index (χ3n) is 3.87. The fourth-order valence-corrected chi connectivity index (χ4v) is 3.60. The second-order valence-electron chi connectivity index (χ2n) is 5.61. The second-order valence-corrected chi connectivity index (χ2v) is 6.62. The van der Waals surface area contributed by atoms with Crippen molar-refractivity contribution in [3.05, 3.63) is 29.3 Å². The Balaban J connectivity index is 1.86. The van der Waals surface area contributed by atoms with Crippen LogP contribution >= 0.6 is 11.8 Å². The van der Waals surface area contributed by atoms with Gasteiger partial charge in [0.15, 0.2) is 0 Å². The number of carbonyl (C=O) groups excluding carboxylic acids is 1. The zero-order valence-electron chi connectivity index (χ0n) is 12.4. The van der Waals surface area contributed by atoms with Crippen LogP contribution in [0.15, 0.2) is 23.1 Å². The van der Waals surface area contributed by atoms with E-state index in [0.29, 0.717) is 12.2 Å². The first-order chi connectivity index (χ1) is 9.97. The normalized spacial score (nSPS) is 21.2. The molecule has 2 N–H and O–H groups in total. The number of carboxylic acid groups (broad SMARTS) is 1. The van der Waals surface area contributed by atoms with E-state index >= 15 is 0 Å². The van der Waals surface area contributed by atoms with Crippen LogP contribution in [0.5, 0.6) is 0 Å². The topological polar surface area (TPSA) is 66.4 Å². The third kappa shape index (κ3) is 4.24. The molecule has 1 aliphatic carbocycles. The molecule has 1 aromatic rings. The number of carbonyl (C=O) groups is 2. The number of aliphatic carboxylic acids is 1. The molecule has 0 aromatic heterocycles. The van der Waals surface area contributed by atoms with Gasteiger partial charge in [-0.25, -0.2) is 0 Å². The molecule has 1 fully saturated rings. The summed E-state index contributed by atoms with van der Waals surface area (Å²) in [6, 6.07) is 5.94. The van der Waals surface area contributed by atoms with Gasteiger partial charge < -0.3 is 10.4 Å².